The summed E-state index contributed by atoms with van der Waals surface area (Å²) in [6.07, 6.45) is 0.621. The molecule has 0 radical (unpaired) electrons. The molecular formula is C14H13N5O6S. The standard InChI is InChI=1S/C14H13N5O6S/c20-13(9-6-10(18(22)23)8-11(7-9)19(24)25)16-17-14(21)15-4-3-12-2-1-5-26-12/h1-2,5-8H,3-4H2,(H,16,20)(H2,15,17,21). The normalized spacial score (nSPS) is 10.0. The zero-order valence-corrected chi connectivity index (χ0v) is 13.9. The molecule has 2 rings (SSSR count). The molecule has 12 heteroatoms. The van der Waals surface area contributed by atoms with Crippen molar-refractivity contribution in [2.45, 2.75) is 6.42 Å². The van der Waals surface area contributed by atoms with E-state index >= 15 is 0 Å². The highest BCUT2D eigenvalue weighted by Crippen LogP contribution is 2.22. The van der Waals surface area contributed by atoms with Crippen LogP contribution in [0.3, 0.4) is 0 Å². The molecule has 0 saturated carbocycles. The van der Waals surface area contributed by atoms with Crippen LogP contribution in [0.1, 0.15) is 15.2 Å². The van der Waals surface area contributed by atoms with Crippen molar-refractivity contribution in [2.24, 2.45) is 0 Å². The van der Waals surface area contributed by atoms with Gasteiger partial charge in [-0.25, -0.2) is 10.2 Å². The third-order valence-corrected chi connectivity index (χ3v) is 4.05. The number of amides is 3. The first-order chi connectivity index (χ1) is 12.4. The largest absolute Gasteiger partial charge is 0.336 e. The van der Waals surface area contributed by atoms with Gasteiger partial charge >= 0.3 is 6.03 Å². The second-order valence-electron chi connectivity index (χ2n) is 4.92. The fraction of sp³-hybridized carbons (Fsp3) is 0.143. The molecule has 1 aromatic heterocycles. The smallest absolute Gasteiger partial charge is 0.333 e. The third kappa shape index (κ3) is 5.24. The maximum atomic E-state index is 12.0. The first kappa shape index (κ1) is 18.8. The Balaban J connectivity index is 1.91. The van der Waals surface area contributed by atoms with Crippen molar-refractivity contribution in [2.75, 3.05) is 6.54 Å². The highest BCUT2D eigenvalue weighted by molar-refractivity contribution is 7.09. The predicted molar refractivity (Wildman–Crippen MR) is 91.8 cm³/mol. The summed E-state index contributed by atoms with van der Waals surface area (Å²) in [6.45, 7) is 0.338. The zero-order chi connectivity index (χ0) is 19.1. The van der Waals surface area contributed by atoms with E-state index in [-0.39, 0.29) is 5.56 Å². The SMILES string of the molecule is O=C(NCCc1cccs1)NNC(=O)c1cc([N+](=O)[O-])cc([N+](=O)[O-])c1. The summed E-state index contributed by atoms with van der Waals surface area (Å²) in [5.74, 6) is -0.926. The monoisotopic (exact) mass is 379 g/mol. The molecule has 136 valence electrons. The molecule has 3 N–H and O–H groups in total. The van der Waals surface area contributed by atoms with Gasteiger partial charge in [0, 0.05) is 23.6 Å². The number of non-ortho nitro benzene ring substituents is 2. The Morgan fingerprint density at radius 2 is 1.69 bits per heavy atom. The Kier molecular flexibility index (Phi) is 6.16. The molecule has 0 spiro atoms. The van der Waals surface area contributed by atoms with Gasteiger partial charge in [0.05, 0.1) is 21.5 Å². The highest BCUT2D eigenvalue weighted by atomic mass is 32.1. The van der Waals surface area contributed by atoms with Crippen LogP contribution in [0.5, 0.6) is 0 Å². The van der Waals surface area contributed by atoms with E-state index < -0.39 is 33.2 Å². The van der Waals surface area contributed by atoms with E-state index in [4.69, 9.17) is 0 Å². The van der Waals surface area contributed by atoms with Crippen molar-refractivity contribution < 1.29 is 19.4 Å². The number of carbonyl (C=O) groups is 2. The number of hydrazine groups is 1. The molecule has 0 aliphatic carbocycles. The summed E-state index contributed by atoms with van der Waals surface area (Å²) in [5.41, 5.74) is 2.56. The summed E-state index contributed by atoms with van der Waals surface area (Å²) >= 11 is 1.55. The number of urea groups is 1. The Morgan fingerprint density at radius 3 is 2.23 bits per heavy atom. The van der Waals surface area contributed by atoms with Crippen LogP contribution in [0.2, 0.25) is 0 Å². The predicted octanol–water partition coefficient (Wildman–Crippen LogP) is 1.75. The van der Waals surface area contributed by atoms with Gasteiger partial charge in [-0.2, -0.15) is 0 Å². The van der Waals surface area contributed by atoms with Crippen LogP contribution in [0, 0.1) is 20.2 Å². The van der Waals surface area contributed by atoms with Crippen LogP contribution in [-0.4, -0.2) is 28.3 Å². The molecule has 2 aromatic rings. The van der Waals surface area contributed by atoms with Crippen molar-refractivity contribution >= 4 is 34.6 Å². The van der Waals surface area contributed by atoms with Gasteiger partial charge in [0.1, 0.15) is 0 Å². The minimum Gasteiger partial charge on any atom is -0.336 e. The van der Waals surface area contributed by atoms with Gasteiger partial charge in [-0.15, -0.1) is 11.3 Å². The van der Waals surface area contributed by atoms with Crippen LogP contribution in [0.25, 0.3) is 0 Å². The lowest BCUT2D eigenvalue weighted by atomic mass is 10.1. The summed E-state index contributed by atoms with van der Waals surface area (Å²) in [5, 5.41) is 26.0. The van der Waals surface area contributed by atoms with Crippen LogP contribution in [0.4, 0.5) is 16.2 Å². The highest BCUT2D eigenvalue weighted by Gasteiger charge is 2.20. The van der Waals surface area contributed by atoms with Crippen molar-refractivity contribution in [1.29, 1.82) is 0 Å². The molecule has 1 aromatic carbocycles. The van der Waals surface area contributed by atoms with Crippen molar-refractivity contribution in [3.05, 3.63) is 66.4 Å². The molecule has 0 aliphatic rings. The van der Waals surface area contributed by atoms with Crippen LogP contribution in [0.15, 0.2) is 35.7 Å². The average Bonchev–Trinajstić information content (AvgIpc) is 3.12. The van der Waals surface area contributed by atoms with Gasteiger partial charge < -0.3 is 5.32 Å². The lowest BCUT2D eigenvalue weighted by Gasteiger charge is -2.08. The van der Waals surface area contributed by atoms with Gasteiger partial charge in [0.2, 0.25) is 0 Å². The van der Waals surface area contributed by atoms with E-state index in [2.05, 4.69) is 10.7 Å². The van der Waals surface area contributed by atoms with Crippen LogP contribution < -0.4 is 16.2 Å². The second-order valence-corrected chi connectivity index (χ2v) is 5.95. The van der Waals surface area contributed by atoms with E-state index in [1.54, 1.807) is 11.3 Å². The molecule has 0 bridgehead atoms. The Morgan fingerprint density at radius 1 is 1.04 bits per heavy atom. The van der Waals surface area contributed by atoms with E-state index in [1.807, 2.05) is 22.9 Å². The molecule has 0 unspecified atom stereocenters. The number of nitro benzene ring substituents is 2. The molecule has 0 aliphatic heterocycles. The van der Waals surface area contributed by atoms with Gasteiger partial charge in [-0.05, 0) is 17.9 Å². The number of hydrogen-bond donors (Lipinski definition) is 3. The minimum atomic E-state index is -0.926. The number of benzene rings is 1. The van der Waals surface area contributed by atoms with Crippen molar-refractivity contribution in [1.82, 2.24) is 16.2 Å². The minimum absolute atomic E-state index is 0.329. The summed E-state index contributed by atoms with van der Waals surface area (Å²) < 4.78 is 0. The number of carbonyl (C=O) groups excluding carboxylic acids is 2. The van der Waals surface area contributed by atoms with Crippen LogP contribution >= 0.6 is 11.3 Å². The summed E-state index contributed by atoms with van der Waals surface area (Å²) in [4.78, 5) is 44.6. The molecule has 1 heterocycles. The van der Waals surface area contributed by atoms with Crippen molar-refractivity contribution in [3.8, 4) is 0 Å². The Hall–Kier alpha value is -3.54. The Bertz CT molecular complexity index is 806. The topological polar surface area (TPSA) is 157 Å². The lowest BCUT2D eigenvalue weighted by Crippen LogP contribution is -2.47. The fourth-order valence-electron chi connectivity index (χ4n) is 1.92. The van der Waals surface area contributed by atoms with E-state index in [0.29, 0.717) is 13.0 Å². The molecule has 11 nitrogen and oxygen atoms in total. The molecular weight excluding hydrogens is 366 g/mol. The molecule has 0 fully saturated rings. The average molecular weight is 379 g/mol. The van der Waals surface area contributed by atoms with E-state index in [9.17, 15) is 29.8 Å². The van der Waals surface area contributed by atoms with Gasteiger partial charge in [0.15, 0.2) is 0 Å². The molecule has 26 heavy (non-hydrogen) atoms. The van der Waals surface area contributed by atoms with Crippen LogP contribution in [-0.2, 0) is 6.42 Å². The first-order valence-corrected chi connectivity index (χ1v) is 8.05. The van der Waals surface area contributed by atoms with E-state index in [1.165, 1.54) is 0 Å². The maximum absolute atomic E-state index is 12.0. The number of thiophene rings is 1. The summed E-state index contributed by atoms with van der Waals surface area (Å²) in [6, 6.07) is 5.61. The number of nitrogens with one attached hydrogen (secondary N) is 3. The Labute approximate surface area is 150 Å². The van der Waals surface area contributed by atoms with E-state index in [0.717, 1.165) is 23.1 Å². The number of nitrogens with zero attached hydrogens (tertiary/aromatic N) is 2. The quantitative estimate of drug-likeness (QED) is 0.512. The molecule has 0 atom stereocenters. The number of hydrogen-bond acceptors (Lipinski definition) is 7. The first-order valence-electron chi connectivity index (χ1n) is 7.17. The number of nitro groups is 2. The second kappa shape index (κ2) is 8.53. The zero-order valence-electron chi connectivity index (χ0n) is 13.1. The van der Waals surface area contributed by atoms with Gasteiger partial charge in [0.25, 0.3) is 17.3 Å². The van der Waals surface area contributed by atoms with Gasteiger partial charge in [-0.1, -0.05) is 6.07 Å². The maximum Gasteiger partial charge on any atom is 0.333 e. The molecule has 0 saturated heterocycles. The fourth-order valence-corrected chi connectivity index (χ4v) is 2.63. The molecule has 3 amide bonds. The summed E-state index contributed by atoms with van der Waals surface area (Å²) in [7, 11) is 0. The number of rotatable bonds is 6. The third-order valence-electron chi connectivity index (χ3n) is 3.11. The van der Waals surface area contributed by atoms with Crippen molar-refractivity contribution in [3.63, 3.8) is 0 Å². The van der Waals surface area contributed by atoms with Gasteiger partial charge in [-0.3, -0.25) is 30.4 Å². The lowest BCUT2D eigenvalue weighted by molar-refractivity contribution is -0.394.